The Bertz CT molecular complexity index is 685. The molecule has 1 aliphatic rings. The van der Waals surface area contributed by atoms with Crippen LogP contribution in [0.2, 0.25) is 0 Å². The van der Waals surface area contributed by atoms with Crippen molar-refractivity contribution in [1.82, 2.24) is 4.98 Å². The van der Waals surface area contributed by atoms with Crippen LogP contribution in [0.25, 0.3) is 0 Å². The molecule has 0 radical (unpaired) electrons. The lowest BCUT2D eigenvalue weighted by molar-refractivity contribution is -0.116. The van der Waals surface area contributed by atoms with Gasteiger partial charge in [-0.2, -0.15) is 4.98 Å². The minimum Gasteiger partial charge on any atom is -0.439 e. The Morgan fingerprint density at radius 2 is 2.00 bits per heavy atom. The Morgan fingerprint density at radius 3 is 2.80 bits per heavy atom. The van der Waals surface area contributed by atoms with Crippen molar-refractivity contribution in [1.29, 1.82) is 0 Å². The van der Waals surface area contributed by atoms with Crippen LogP contribution in [0.15, 0.2) is 30.3 Å². The van der Waals surface area contributed by atoms with E-state index in [1.54, 1.807) is 18.2 Å². The van der Waals surface area contributed by atoms with Crippen molar-refractivity contribution in [2.24, 2.45) is 0 Å². The number of nitrogen functional groups attached to an aromatic ring is 2. The molecule has 3 rings (SSSR count). The normalized spacial score (nSPS) is 13.5. The molecule has 102 valence electrons. The Hall–Kier alpha value is -2.76. The van der Waals surface area contributed by atoms with Crippen molar-refractivity contribution in [3.63, 3.8) is 0 Å². The van der Waals surface area contributed by atoms with E-state index in [4.69, 9.17) is 16.2 Å². The predicted octanol–water partition coefficient (Wildman–Crippen LogP) is 1.92. The largest absolute Gasteiger partial charge is 0.439 e. The third-order valence-corrected chi connectivity index (χ3v) is 3.13. The Balaban J connectivity index is 1.84. The zero-order valence-electron chi connectivity index (χ0n) is 10.7. The van der Waals surface area contributed by atoms with Crippen molar-refractivity contribution in [2.45, 2.75) is 12.8 Å². The first-order valence-electron chi connectivity index (χ1n) is 6.24. The van der Waals surface area contributed by atoms with E-state index in [-0.39, 0.29) is 11.7 Å². The first-order chi connectivity index (χ1) is 9.61. The van der Waals surface area contributed by atoms with Crippen LogP contribution in [0.3, 0.4) is 0 Å². The number of rotatable bonds is 2. The fourth-order valence-corrected chi connectivity index (χ4v) is 2.07. The topological polar surface area (TPSA) is 103 Å². The number of fused-ring (bicyclic) bond motifs is 1. The van der Waals surface area contributed by atoms with Gasteiger partial charge in [-0.1, -0.05) is 0 Å². The summed E-state index contributed by atoms with van der Waals surface area (Å²) in [6.07, 6.45) is 1.19. The molecule has 2 heterocycles. The SMILES string of the molecule is Nc1ccc(Oc2ccc3c(c2)CCC(=O)N3)nc1N. The van der Waals surface area contributed by atoms with Gasteiger partial charge in [0.15, 0.2) is 5.82 Å². The maximum Gasteiger partial charge on any atom is 0.224 e. The number of carbonyl (C=O) groups excluding carboxylic acids is 1. The van der Waals surface area contributed by atoms with Gasteiger partial charge in [0.25, 0.3) is 0 Å². The third kappa shape index (κ3) is 2.35. The molecule has 0 saturated carbocycles. The molecule has 0 atom stereocenters. The fraction of sp³-hybridized carbons (Fsp3) is 0.143. The first-order valence-corrected chi connectivity index (χ1v) is 6.24. The molecule has 1 aromatic carbocycles. The van der Waals surface area contributed by atoms with Gasteiger partial charge in [-0.15, -0.1) is 0 Å². The van der Waals surface area contributed by atoms with Crippen LogP contribution < -0.4 is 21.5 Å². The van der Waals surface area contributed by atoms with Crippen molar-refractivity contribution >= 4 is 23.1 Å². The van der Waals surface area contributed by atoms with E-state index in [2.05, 4.69) is 10.3 Å². The van der Waals surface area contributed by atoms with Gasteiger partial charge < -0.3 is 21.5 Å². The maximum atomic E-state index is 11.3. The second-order valence-electron chi connectivity index (χ2n) is 4.59. The summed E-state index contributed by atoms with van der Waals surface area (Å²) in [6, 6.07) is 8.80. The van der Waals surface area contributed by atoms with Crippen molar-refractivity contribution in [2.75, 3.05) is 16.8 Å². The van der Waals surface area contributed by atoms with Crippen molar-refractivity contribution < 1.29 is 9.53 Å². The van der Waals surface area contributed by atoms with Gasteiger partial charge in [-0.3, -0.25) is 4.79 Å². The summed E-state index contributed by atoms with van der Waals surface area (Å²) in [5, 5.41) is 2.82. The number of amides is 1. The number of benzene rings is 1. The highest BCUT2D eigenvalue weighted by Crippen LogP contribution is 2.29. The number of hydrogen-bond donors (Lipinski definition) is 3. The Labute approximate surface area is 115 Å². The van der Waals surface area contributed by atoms with Gasteiger partial charge in [0.2, 0.25) is 11.8 Å². The molecule has 0 aliphatic carbocycles. The van der Waals surface area contributed by atoms with Gasteiger partial charge in [-0.05, 0) is 36.2 Å². The predicted molar refractivity (Wildman–Crippen MR) is 76.5 cm³/mol. The molecule has 0 spiro atoms. The lowest BCUT2D eigenvalue weighted by Gasteiger charge is -2.17. The van der Waals surface area contributed by atoms with Crippen molar-refractivity contribution in [3.8, 4) is 11.6 Å². The van der Waals surface area contributed by atoms with Crippen molar-refractivity contribution in [3.05, 3.63) is 35.9 Å². The van der Waals surface area contributed by atoms with Crippen LogP contribution in [0.1, 0.15) is 12.0 Å². The number of nitrogens with zero attached hydrogens (tertiary/aromatic N) is 1. The van der Waals surface area contributed by atoms with Crippen LogP contribution >= 0.6 is 0 Å². The summed E-state index contributed by atoms with van der Waals surface area (Å²) in [4.78, 5) is 15.3. The molecule has 6 nitrogen and oxygen atoms in total. The number of anilines is 3. The van der Waals surface area contributed by atoms with Gasteiger partial charge in [0.1, 0.15) is 5.75 Å². The number of carbonyl (C=O) groups is 1. The van der Waals surface area contributed by atoms with Crippen LogP contribution in [0.5, 0.6) is 11.6 Å². The number of hydrogen-bond acceptors (Lipinski definition) is 5. The van der Waals surface area contributed by atoms with Crippen LogP contribution in [-0.2, 0) is 11.2 Å². The summed E-state index contributed by atoms with van der Waals surface area (Å²) < 4.78 is 5.65. The summed E-state index contributed by atoms with van der Waals surface area (Å²) >= 11 is 0. The van der Waals surface area contributed by atoms with Crippen LogP contribution in [0, 0.1) is 0 Å². The molecule has 6 heteroatoms. The van der Waals surface area contributed by atoms with Crippen LogP contribution in [-0.4, -0.2) is 10.9 Å². The average molecular weight is 270 g/mol. The highest BCUT2D eigenvalue weighted by molar-refractivity contribution is 5.94. The Kier molecular flexibility index (Phi) is 2.90. The second-order valence-corrected chi connectivity index (χ2v) is 4.59. The first kappa shape index (κ1) is 12.3. The Morgan fingerprint density at radius 1 is 1.15 bits per heavy atom. The van der Waals surface area contributed by atoms with E-state index in [1.165, 1.54) is 0 Å². The maximum absolute atomic E-state index is 11.3. The monoisotopic (exact) mass is 270 g/mol. The van der Waals surface area contributed by atoms with Gasteiger partial charge >= 0.3 is 0 Å². The number of nitrogens with two attached hydrogens (primary N) is 2. The van der Waals surface area contributed by atoms with E-state index in [0.717, 1.165) is 11.3 Å². The lowest BCUT2D eigenvalue weighted by atomic mass is 10.0. The molecular formula is C14H14N4O2. The highest BCUT2D eigenvalue weighted by atomic mass is 16.5. The summed E-state index contributed by atoms with van der Waals surface area (Å²) in [6.45, 7) is 0. The third-order valence-electron chi connectivity index (χ3n) is 3.13. The molecule has 0 saturated heterocycles. The molecule has 1 amide bonds. The van der Waals surface area contributed by atoms with E-state index >= 15 is 0 Å². The standard InChI is InChI=1S/C14H14N4O2/c15-10-3-6-13(18-14(10)16)20-9-2-4-11-8(7-9)1-5-12(19)17-11/h2-4,6-7H,1,5,15H2,(H2,16,18)(H,17,19). The molecule has 0 bridgehead atoms. The van der Waals surface area contributed by atoms with E-state index in [9.17, 15) is 4.79 Å². The van der Waals surface area contributed by atoms with E-state index < -0.39 is 0 Å². The molecule has 2 aromatic rings. The number of ether oxygens (including phenoxy) is 1. The van der Waals surface area contributed by atoms with E-state index in [1.807, 2.05) is 12.1 Å². The smallest absolute Gasteiger partial charge is 0.224 e. The second kappa shape index (κ2) is 4.73. The molecule has 20 heavy (non-hydrogen) atoms. The van der Waals surface area contributed by atoms with E-state index in [0.29, 0.717) is 30.2 Å². The lowest BCUT2D eigenvalue weighted by Crippen LogP contribution is -2.18. The average Bonchev–Trinajstić information content (AvgIpc) is 2.43. The summed E-state index contributed by atoms with van der Waals surface area (Å²) in [5.41, 5.74) is 13.5. The number of aromatic nitrogens is 1. The molecule has 1 aromatic heterocycles. The molecule has 0 unspecified atom stereocenters. The summed E-state index contributed by atoms with van der Waals surface area (Å²) in [7, 11) is 0. The molecule has 0 fully saturated rings. The highest BCUT2D eigenvalue weighted by Gasteiger charge is 2.15. The minimum atomic E-state index is 0.0409. The fourth-order valence-electron chi connectivity index (χ4n) is 2.07. The zero-order chi connectivity index (χ0) is 14.1. The minimum absolute atomic E-state index is 0.0409. The van der Waals surface area contributed by atoms with Gasteiger partial charge in [-0.25, -0.2) is 0 Å². The number of aryl methyl sites for hydroxylation is 1. The van der Waals surface area contributed by atoms with Gasteiger partial charge in [0, 0.05) is 18.2 Å². The summed E-state index contributed by atoms with van der Waals surface area (Å²) in [5.74, 6) is 1.32. The zero-order valence-corrected chi connectivity index (χ0v) is 10.7. The molecule has 1 aliphatic heterocycles. The molecular weight excluding hydrogens is 256 g/mol. The molecule has 5 N–H and O–H groups in total. The van der Waals surface area contributed by atoms with Crippen LogP contribution in [0.4, 0.5) is 17.2 Å². The van der Waals surface area contributed by atoms with Gasteiger partial charge in [0.05, 0.1) is 5.69 Å². The quantitative estimate of drug-likeness (QED) is 0.773. The number of nitrogens with one attached hydrogen (secondary N) is 1. The number of pyridine rings is 1.